The average molecular weight is 879 g/mol. The zero-order valence-electron chi connectivity index (χ0n) is 36.7. The molecule has 0 saturated carbocycles. The van der Waals surface area contributed by atoms with E-state index in [-0.39, 0.29) is 40.3 Å². The van der Waals surface area contributed by atoms with Crippen molar-refractivity contribution < 1.29 is 56.0 Å². The molecule has 0 spiro atoms. The third-order valence-corrected chi connectivity index (χ3v) is 10.1. The lowest BCUT2D eigenvalue weighted by Crippen LogP contribution is -2.27. The van der Waals surface area contributed by atoms with Crippen LogP contribution in [-0.4, -0.2) is 76.9 Å². The molecule has 0 atom stereocenters. The van der Waals surface area contributed by atoms with Crippen LogP contribution in [-0.2, 0) is 42.8 Å². The van der Waals surface area contributed by atoms with Crippen LogP contribution in [0.3, 0.4) is 0 Å². The second-order valence-corrected chi connectivity index (χ2v) is 15.3. The summed E-state index contributed by atoms with van der Waals surface area (Å²) >= 11 is 0. The summed E-state index contributed by atoms with van der Waals surface area (Å²) in [5.74, 6) is -2.64. The summed E-state index contributed by atoms with van der Waals surface area (Å²) in [7, 11) is 0. The molecular formula is C51H65F3O9. The number of esters is 3. The minimum Gasteiger partial charge on any atom is -0.462 e. The predicted molar refractivity (Wildman–Crippen MR) is 240 cm³/mol. The van der Waals surface area contributed by atoms with Crippen molar-refractivity contribution in [3.63, 3.8) is 0 Å². The van der Waals surface area contributed by atoms with Crippen LogP contribution >= 0.6 is 0 Å². The molecule has 3 aromatic rings. The number of hydrogen-bond acceptors (Lipinski definition) is 9. The van der Waals surface area contributed by atoms with Crippen molar-refractivity contribution in [1.82, 2.24) is 0 Å². The van der Waals surface area contributed by atoms with E-state index in [0.29, 0.717) is 69.5 Å². The Hall–Kier alpha value is -5.04. The highest BCUT2D eigenvalue weighted by atomic mass is 19.1. The van der Waals surface area contributed by atoms with Crippen LogP contribution in [0.1, 0.15) is 113 Å². The lowest BCUT2D eigenvalue weighted by atomic mass is 10.1. The van der Waals surface area contributed by atoms with Gasteiger partial charge in [-0.1, -0.05) is 114 Å². The summed E-state index contributed by atoms with van der Waals surface area (Å²) in [4.78, 5) is 36.8. The van der Waals surface area contributed by atoms with Gasteiger partial charge in [-0.15, -0.1) is 0 Å². The number of carbonyl (C=O) groups excluding carboxylic acids is 3. The second-order valence-electron chi connectivity index (χ2n) is 15.3. The number of rotatable bonds is 35. The minimum absolute atomic E-state index is 0.197. The van der Waals surface area contributed by atoms with E-state index in [1.165, 1.54) is 72.8 Å². The van der Waals surface area contributed by atoms with Crippen molar-refractivity contribution >= 4 is 34.6 Å². The first-order valence-electron chi connectivity index (χ1n) is 22.2. The first kappa shape index (κ1) is 52.3. The molecule has 3 rings (SSSR count). The maximum Gasteiger partial charge on any atom is 0.338 e. The first-order valence-corrected chi connectivity index (χ1v) is 22.2. The molecule has 0 saturated heterocycles. The molecule has 0 bridgehead atoms. The van der Waals surface area contributed by atoms with E-state index in [2.05, 4.69) is 19.7 Å². The van der Waals surface area contributed by atoms with Gasteiger partial charge in [-0.3, -0.25) is 0 Å². The van der Waals surface area contributed by atoms with Gasteiger partial charge in [0.1, 0.15) is 23.6 Å². The lowest BCUT2D eigenvalue weighted by molar-refractivity contribution is -0.137. The molecule has 0 amide bonds. The number of halogens is 3. The molecule has 3 aromatic carbocycles. The number of ether oxygens (including phenoxy) is 6. The van der Waals surface area contributed by atoms with E-state index in [4.69, 9.17) is 28.4 Å². The summed E-state index contributed by atoms with van der Waals surface area (Å²) in [5.41, 5.74) is 2.23. The maximum absolute atomic E-state index is 13.2. The van der Waals surface area contributed by atoms with E-state index >= 15 is 0 Å². The molecule has 0 aromatic heterocycles. The molecule has 9 nitrogen and oxygen atoms in total. The predicted octanol–water partition coefficient (Wildman–Crippen LogP) is 11.4. The Morgan fingerprint density at radius 3 is 0.937 bits per heavy atom. The van der Waals surface area contributed by atoms with Gasteiger partial charge in [-0.2, -0.15) is 0 Å². The van der Waals surface area contributed by atoms with Gasteiger partial charge in [0.15, 0.2) is 0 Å². The zero-order chi connectivity index (χ0) is 45.5. The Labute approximate surface area is 371 Å². The lowest BCUT2D eigenvalue weighted by Gasteiger charge is -2.18. The van der Waals surface area contributed by atoms with E-state index in [1.807, 2.05) is 0 Å². The molecule has 0 heterocycles. The van der Waals surface area contributed by atoms with Crippen LogP contribution < -0.4 is 0 Å². The topological polar surface area (TPSA) is 107 Å². The standard InChI is InChI=1S/C51H65F3O9/c1-39(42-19-25-45(52)26-20-42)49(55)61-34-16-10-4-7-13-31-58-37-48(60-33-15-9-6-12-18-36-63-51(57)41(3)44-23-29-47(54)30-24-44)38-59-32-14-8-5-11-17-35-62-50(56)40(2)43-21-27-46(53)28-22-43/h19-30,48H,1-18,31-38H2. The number of benzene rings is 3. The normalized spacial score (nSPS) is 11.0. The maximum atomic E-state index is 13.2. The molecule has 12 heteroatoms. The van der Waals surface area contributed by atoms with Gasteiger partial charge in [0.2, 0.25) is 0 Å². The summed E-state index contributed by atoms with van der Waals surface area (Å²) in [6, 6.07) is 16.7. The van der Waals surface area contributed by atoms with E-state index in [0.717, 1.165) is 96.3 Å². The largest absolute Gasteiger partial charge is 0.462 e. The fourth-order valence-corrected chi connectivity index (χ4v) is 6.29. The highest BCUT2D eigenvalue weighted by molar-refractivity contribution is 6.16. The SMILES string of the molecule is C=C(C(=O)OCCCCCCCOCC(COCCCCCCCOC(=O)C(=C)c1ccc(F)cc1)OCCCCCCCOC(=O)C(=C)c1ccc(F)cc1)c1ccc(F)cc1. The van der Waals surface area contributed by atoms with Gasteiger partial charge in [0.05, 0.1) is 49.8 Å². The Kier molecular flexibility index (Phi) is 26.4. The van der Waals surface area contributed by atoms with Crippen molar-refractivity contribution in [3.8, 4) is 0 Å². The molecule has 0 N–H and O–H groups in total. The van der Waals surface area contributed by atoms with Crippen LogP contribution in [0.15, 0.2) is 92.5 Å². The minimum atomic E-state index is -0.502. The van der Waals surface area contributed by atoms with E-state index in [1.54, 1.807) is 0 Å². The molecule has 0 aliphatic carbocycles. The van der Waals surface area contributed by atoms with Gasteiger partial charge in [0.25, 0.3) is 0 Å². The summed E-state index contributed by atoms with van der Waals surface area (Å²) in [6.45, 7) is 14.8. The third kappa shape index (κ3) is 22.8. The number of hydrogen-bond donors (Lipinski definition) is 0. The van der Waals surface area contributed by atoms with Crippen molar-refractivity contribution in [2.75, 3.05) is 52.9 Å². The first-order chi connectivity index (χ1) is 30.5. The monoisotopic (exact) mass is 878 g/mol. The smallest absolute Gasteiger partial charge is 0.338 e. The highest BCUT2D eigenvalue weighted by Gasteiger charge is 2.14. The van der Waals surface area contributed by atoms with E-state index < -0.39 is 17.9 Å². The molecule has 0 radical (unpaired) electrons. The quantitative estimate of drug-likeness (QED) is 0.0247. The van der Waals surface area contributed by atoms with Crippen molar-refractivity contribution in [1.29, 1.82) is 0 Å². The molecule has 344 valence electrons. The molecule has 0 aliphatic rings. The zero-order valence-corrected chi connectivity index (χ0v) is 36.7. The van der Waals surface area contributed by atoms with Crippen LogP contribution in [0, 0.1) is 17.5 Å². The third-order valence-electron chi connectivity index (χ3n) is 10.1. The van der Waals surface area contributed by atoms with Crippen LogP contribution in [0.5, 0.6) is 0 Å². The van der Waals surface area contributed by atoms with Crippen molar-refractivity contribution in [3.05, 3.63) is 127 Å². The van der Waals surface area contributed by atoms with Gasteiger partial charge in [0, 0.05) is 19.8 Å². The van der Waals surface area contributed by atoms with Crippen molar-refractivity contribution in [2.24, 2.45) is 0 Å². The fourth-order valence-electron chi connectivity index (χ4n) is 6.29. The summed E-state index contributed by atoms with van der Waals surface area (Å²) in [6.07, 6.45) is 13.3. The Morgan fingerprint density at radius 1 is 0.381 bits per heavy atom. The Morgan fingerprint density at radius 2 is 0.635 bits per heavy atom. The van der Waals surface area contributed by atoms with Gasteiger partial charge < -0.3 is 28.4 Å². The van der Waals surface area contributed by atoms with Crippen molar-refractivity contribution in [2.45, 2.75) is 102 Å². The molecule has 0 fully saturated rings. The van der Waals surface area contributed by atoms with Crippen LogP contribution in [0.2, 0.25) is 0 Å². The fraction of sp³-hybridized carbons (Fsp3) is 0.471. The van der Waals surface area contributed by atoms with Gasteiger partial charge in [-0.25, -0.2) is 27.6 Å². The number of carbonyl (C=O) groups is 3. The van der Waals surface area contributed by atoms with Crippen LogP contribution in [0.4, 0.5) is 13.2 Å². The Balaban J connectivity index is 1.24. The second kappa shape index (κ2) is 31.7. The van der Waals surface area contributed by atoms with Gasteiger partial charge >= 0.3 is 17.9 Å². The average Bonchev–Trinajstić information content (AvgIpc) is 3.29. The molecule has 63 heavy (non-hydrogen) atoms. The summed E-state index contributed by atoms with van der Waals surface area (Å²) < 4.78 is 73.6. The van der Waals surface area contributed by atoms with Crippen LogP contribution in [0.25, 0.3) is 16.7 Å². The molecule has 0 unspecified atom stereocenters. The number of unbranched alkanes of at least 4 members (excludes halogenated alkanes) is 12. The van der Waals surface area contributed by atoms with Gasteiger partial charge in [-0.05, 0) is 91.6 Å². The Bertz CT molecular complexity index is 1720. The summed E-state index contributed by atoms with van der Waals surface area (Å²) in [5, 5.41) is 0. The highest BCUT2D eigenvalue weighted by Crippen LogP contribution is 2.18. The van der Waals surface area contributed by atoms with E-state index in [9.17, 15) is 27.6 Å². The molecular weight excluding hydrogens is 814 g/mol. The molecule has 0 aliphatic heterocycles.